The van der Waals surface area contributed by atoms with E-state index in [1.165, 1.54) is 11.1 Å². The first-order chi connectivity index (χ1) is 16.2. The van der Waals surface area contributed by atoms with Crippen LogP contribution in [-0.2, 0) is 11.2 Å². The van der Waals surface area contributed by atoms with Gasteiger partial charge in [-0.25, -0.2) is 0 Å². The molecule has 0 saturated carbocycles. The van der Waals surface area contributed by atoms with Crippen LogP contribution in [0.5, 0.6) is 17.2 Å². The van der Waals surface area contributed by atoms with Crippen molar-refractivity contribution < 1.29 is 19.7 Å². The Hall–Kier alpha value is -3.54. The van der Waals surface area contributed by atoms with E-state index in [4.69, 9.17) is 9.47 Å². The lowest BCUT2D eigenvalue weighted by Crippen LogP contribution is -2.38. The number of benzene rings is 4. The largest absolute Gasteiger partial charge is 0.508 e. The Kier molecular flexibility index (Phi) is 6.15. The van der Waals surface area contributed by atoms with E-state index in [-0.39, 0.29) is 11.5 Å². The van der Waals surface area contributed by atoms with Crippen LogP contribution >= 0.6 is 0 Å². The smallest absolute Gasteiger partial charge is 0.142 e. The normalized spacial score (nSPS) is 14.4. The van der Waals surface area contributed by atoms with Crippen molar-refractivity contribution in [2.75, 3.05) is 33.0 Å². The second-order valence-corrected chi connectivity index (χ2v) is 8.37. The second kappa shape index (κ2) is 9.53. The van der Waals surface area contributed by atoms with Gasteiger partial charge in [0.2, 0.25) is 0 Å². The van der Waals surface area contributed by atoms with Gasteiger partial charge in [0.05, 0.1) is 13.2 Å². The number of hydrogen-bond acceptors (Lipinski definition) is 5. The molecule has 2 N–H and O–H groups in total. The van der Waals surface area contributed by atoms with E-state index in [9.17, 15) is 10.2 Å². The van der Waals surface area contributed by atoms with Crippen molar-refractivity contribution in [2.45, 2.75) is 6.42 Å². The monoisotopic (exact) mass is 441 g/mol. The van der Waals surface area contributed by atoms with E-state index in [0.29, 0.717) is 6.73 Å². The molecular weight excluding hydrogens is 414 g/mol. The summed E-state index contributed by atoms with van der Waals surface area (Å²) in [6.07, 6.45) is 0.738. The van der Waals surface area contributed by atoms with Crippen LogP contribution in [0.3, 0.4) is 0 Å². The molecule has 0 radical (unpaired) electrons. The number of nitrogens with zero attached hydrogens (tertiary/aromatic N) is 1. The summed E-state index contributed by atoms with van der Waals surface area (Å²) in [5, 5.41) is 21.8. The molecule has 0 atom stereocenters. The maximum atomic E-state index is 9.95. The van der Waals surface area contributed by atoms with E-state index in [1.807, 2.05) is 36.4 Å². The first kappa shape index (κ1) is 21.3. The van der Waals surface area contributed by atoms with Crippen LogP contribution in [0.1, 0.15) is 11.1 Å². The van der Waals surface area contributed by atoms with Gasteiger partial charge in [0, 0.05) is 13.1 Å². The highest BCUT2D eigenvalue weighted by Gasteiger charge is 2.13. The minimum Gasteiger partial charge on any atom is -0.508 e. The van der Waals surface area contributed by atoms with Gasteiger partial charge in [-0.3, -0.25) is 4.90 Å². The molecule has 1 fully saturated rings. The summed E-state index contributed by atoms with van der Waals surface area (Å²) in [5.74, 6) is 1.36. The van der Waals surface area contributed by atoms with Gasteiger partial charge >= 0.3 is 0 Å². The fourth-order valence-corrected chi connectivity index (χ4v) is 4.29. The standard InChI is InChI=1S/C28H27NO4/c30-23-6-3-21(4-7-23)26-11-5-22-18-24(31)8-12-27(22)28(26)17-20-1-9-25(10-2-20)33-19-29-13-15-32-16-14-29/h1-12,18,30-31H,13-17,19H2. The molecule has 0 aromatic heterocycles. The molecule has 0 spiro atoms. The first-order valence-electron chi connectivity index (χ1n) is 11.2. The zero-order valence-electron chi connectivity index (χ0n) is 18.4. The lowest BCUT2D eigenvalue weighted by Gasteiger charge is -2.26. The highest BCUT2D eigenvalue weighted by atomic mass is 16.5. The lowest BCUT2D eigenvalue weighted by atomic mass is 9.90. The summed E-state index contributed by atoms with van der Waals surface area (Å²) in [6, 6.07) is 25.2. The van der Waals surface area contributed by atoms with Crippen LogP contribution in [0.4, 0.5) is 0 Å². The van der Waals surface area contributed by atoms with E-state index in [1.54, 1.807) is 24.3 Å². The number of morpholine rings is 1. The van der Waals surface area contributed by atoms with Crippen LogP contribution < -0.4 is 4.74 Å². The third kappa shape index (κ3) is 4.95. The number of hydrogen-bond donors (Lipinski definition) is 2. The molecule has 1 heterocycles. The maximum Gasteiger partial charge on any atom is 0.142 e. The Bertz CT molecular complexity index is 1230. The predicted octanol–water partition coefficient (Wildman–Crippen LogP) is 5.18. The summed E-state index contributed by atoms with van der Waals surface area (Å²) < 4.78 is 11.3. The molecule has 5 heteroatoms. The van der Waals surface area contributed by atoms with Crippen LogP contribution in [0.15, 0.2) is 78.9 Å². The summed E-state index contributed by atoms with van der Waals surface area (Å²) in [7, 11) is 0. The number of aromatic hydroxyl groups is 2. The quantitative estimate of drug-likeness (QED) is 0.432. The lowest BCUT2D eigenvalue weighted by molar-refractivity contribution is 0.00407. The molecule has 4 aromatic carbocycles. The molecule has 5 nitrogen and oxygen atoms in total. The molecule has 1 aliphatic rings. The Morgan fingerprint density at radius 3 is 2.27 bits per heavy atom. The highest BCUT2D eigenvalue weighted by molar-refractivity contribution is 5.93. The number of phenolic OH excluding ortho intramolecular Hbond substituents is 2. The first-order valence-corrected chi connectivity index (χ1v) is 11.2. The SMILES string of the molecule is Oc1ccc(-c2ccc3cc(O)ccc3c2Cc2ccc(OCN3CCOCC3)cc2)cc1. The minimum absolute atomic E-state index is 0.249. The topological polar surface area (TPSA) is 62.2 Å². The van der Waals surface area contributed by atoms with Gasteiger partial charge in [-0.05, 0) is 75.8 Å². The molecule has 1 saturated heterocycles. The number of ether oxygens (including phenoxy) is 2. The van der Waals surface area contributed by atoms with Crippen molar-refractivity contribution in [3.8, 4) is 28.4 Å². The van der Waals surface area contributed by atoms with E-state index in [0.717, 1.165) is 60.4 Å². The fraction of sp³-hybridized carbons (Fsp3) is 0.214. The Morgan fingerprint density at radius 1 is 0.788 bits per heavy atom. The highest BCUT2D eigenvalue weighted by Crippen LogP contribution is 2.34. The predicted molar refractivity (Wildman–Crippen MR) is 130 cm³/mol. The van der Waals surface area contributed by atoms with Crippen molar-refractivity contribution in [3.05, 3.63) is 90.0 Å². The van der Waals surface area contributed by atoms with Crippen molar-refractivity contribution in [2.24, 2.45) is 0 Å². The summed E-state index contributed by atoms with van der Waals surface area (Å²) >= 11 is 0. The van der Waals surface area contributed by atoms with Crippen molar-refractivity contribution in [3.63, 3.8) is 0 Å². The number of rotatable bonds is 6. The summed E-state index contributed by atoms with van der Waals surface area (Å²) in [4.78, 5) is 2.24. The molecule has 0 unspecified atom stereocenters. The molecule has 0 amide bonds. The van der Waals surface area contributed by atoms with Gasteiger partial charge in [-0.15, -0.1) is 0 Å². The van der Waals surface area contributed by atoms with E-state index in [2.05, 4.69) is 23.1 Å². The van der Waals surface area contributed by atoms with E-state index < -0.39 is 0 Å². The molecule has 0 bridgehead atoms. The zero-order chi connectivity index (χ0) is 22.6. The van der Waals surface area contributed by atoms with Crippen LogP contribution in [-0.4, -0.2) is 48.1 Å². The molecule has 0 aliphatic carbocycles. The summed E-state index contributed by atoms with van der Waals surface area (Å²) in [5.41, 5.74) is 4.51. The second-order valence-electron chi connectivity index (χ2n) is 8.37. The third-order valence-corrected chi connectivity index (χ3v) is 6.12. The Balaban J connectivity index is 1.42. The number of fused-ring (bicyclic) bond motifs is 1. The zero-order valence-corrected chi connectivity index (χ0v) is 18.4. The maximum absolute atomic E-state index is 9.95. The van der Waals surface area contributed by atoms with Gasteiger partial charge in [0.1, 0.15) is 24.0 Å². The average Bonchev–Trinajstić information content (AvgIpc) is 2.85. The average molecular weight is 442 g/mol. The van der Waals surface area contributed by atoms with Crippen LogP contribution in [0, 0.1) is 0 Å². The van der Waals surface area contributed by atoms with Gasteiger partial charge in [-0.2, -0.15) is 0 Å². The summed E-state index contributed by atoms with van der Waals surface area (Å²) in [6.45, 7) is 3.88. The molecule has 1 aliphatic heterocycles. The Labute approximate surface area is 193 Å². The van der Waals surface area contributed by atoms with Crippen LogP contribution in [0.25, 0.3) is 21.9 Å². The molecule has 33 heavy (non-hydrogen) atoms. The molecule has 4 aromatic rings. The van der Waals surface area contributed by atoms with Crippen molar-refractivity contribution >= 4 is 10.8 Å². The van der Waals surface area contributed by atoms with Crippen molar-refractivity contribution in [1.29, 1.82) is 0 Å². The molecule has 5 rings (SSSR count). The van der Waals surface area contributed by atoms with Gasteiger partial charge in [0.15, 0.2) is 0 Å². The van der Waals surface area contributed by atoms with Gasteiger partial charge in [-0.1, -0.05) is 42.5 Å². The van der Waals surface area contributed by atoms with Gasteiger partial charge in [0.25, 0.3) is 0 Å². The number of phenols is 2. The molecule has 168 valence electrons. The van der Waals surface area contributed by atoms with Gasteiger partial charge < -0.3 is 19.7 Å². The Morgan fingerprint density at radius 2 is 1.52 bits per heavy atom. The molecular formula is C28H27NO4. The third-order valence-electron chi connectivity index (χ3n) is 6.12. The minimum atomic E-state index is 0.249. The van der Waals surface area contributed by atoms with Crippen LogP contribution in [0.2, 0.25) is 0 Å². The van der Waals surface area contributed by atoms with E-state index >= 15 is 0 Å². The van der Waals surface area contributed by atoms with Crippen molar-refractivity contribution in [1.82, 2.24) is 4.90 Å². The fourth-order valence-electron chi connectivity index (χ4n) is 4.29.